The van der Waals surface area contributed by atoms with Crippen molar-refractivity contribution in [2.75, 3.05) is 6.16 Å². The average molecular weight is 341 g/mol. The fourth-order valence-electron chi connectivity index (χ4n) is 3.12. The van der Waals surface area contributed by atoms with Crippen molar-refractivity contribution >= 4 is 29.3 Å². The average Bonchev–Trinajstić information content (AvgIpc) is 2.70. The Balaban J connectivity index is 1.60. The van der Waals surface area contributed by atoms with Gasteiger partial charge in [-0.3, -0.25) is 4.98 Å². The van der Waals surface area contributed by atoms with Gasteiger partial charge in [0.2, 0.25) is 0 Å². The molecule has 0 bridgehead atoms. The van der Waals surface area contributed by atoms with Crippen molar-refractivity contribution in [1.82, 2.24) is 4.98 Å². The second-order valence-corrected chi connectivity index (χ2v) is 8.43. The van der Waals surface area contributed by atoms with Crippen LogP contribution in [-0.2, 0) is 6.42 Å². The van der Waals surface area contributed by atoms with E-state index < -0.39 is 0 Å². The van der Waals surface area contributed by atoms with Crippen LogP contribution in [0.4, 0.5) is 0 Å². The minimum atomic E-state index is -0.358. The number of benzene rings is 3. The Kier molecular flexibility index (Phi) is 4.86. The fraction of sp³-hybridized carbons (Fsp3) is 0.0870. The lowest BCUT2D eigenvalue weighted by Gasteiger charge is -2.18. The van der Waals surface area contributed by atoms with Gasteiger partial charge in [-0.25, -0.2) is 0 Å². The van der Waals surface area contributed by atoms with Crippen molar-refractivity contribution in [3.8, 4) is 0 Å². The van der Waals surface area contributed by atoms with Crippen LogP contribution in [-0.4, -0.2) is 11.1 Å². The zero-order chi connectivity index (χ0) is 16.9. The quantitative estimate of drug-likeness (QED) is 0.470. The molecule has 0 N–H and O–H groups in total. The Morgan fingerprint density at radius 2 is 1.20 bits per heavy atom. The van der Waals surface area contributed by atoms with E-state index in [0.717, 1.165) is 12.6 Å². The normalized spacial score (nSPS) is 11.1. The van der Waals surface area contributed by atoms with Gasteiger partial charge in [-0.15, -0.1) is 0 Å². The zero-order valence-electron chi connectivity index (χ0n) is 14.0. The highest BCUT2D eigenvalue weighted by Gasteiger charge is 2.13. The third-order valence-corrected chi connectivity index (χ3v) is 6.93. The van der Waals surface area contributed by atoms with Crippen LogP contribution in [0.25, 0.3) is 10.8 Å². The Morgan fingerprint density at radius 1 is 0.640 bits per heavy atom. The lowest BCUT2D eigenvalue weighted by Crippen LogP contribution is -2.15. The number of pyridine rings is 1. The van der Waals surface area contributed by atoms with Gasteiger partial charge in [0.25, 0.3) is 0 Å². The Hall–Kier alpha value is -2.50. The van der Waals surface area contributed by atoms with Crippen molar-refractivity contribution in [2.45, 2.75) is 6.42 Å². The summed E-state index contributed by atoms with van der Waals surface area (Å²) in [5.41, 5.74) is 1.18. The maximum absolute atomic E-state index is 4.68. The van der Waals surface area contributed by atoms with Crippen molar-refractivity contribution < 1.29 is 0 Å². The lowest BCUT2D eigenvalue weighted by molar-refractivity contribution is 1.05. The predicted molar refractivity (Wildman–Crippen MR) is 109 cm³/mol. The van der Waals surface area contributed by atoms with Gasteiger partial charge in [-0.2, -0.15) is 0 Å². The number of nitrogens with zero attached hydrogens (tertiary/aromatic N) is 1. The summed E-state index contributed by atoms with van der Waals surface area (Å²) in [7, 11) is -0.358. The Labute approximate surface area is 150 Å². The molecule has 0 aliphatic rings. The van der Waals surface area contributed by atoms with Crippen molar-refractivity contribution in [3.05, 3.63) is 103 Å². The molecule has 0 atom stereocenters. The number of rotatable bonds is 5. The SMILES string of the molecule is c1ccc(P(CCc2cc3ccccc3cn2)c2ccccc2)cc1. The van der Waals surface area contributed by atoms with E-state index in [9.17, 15) is 0 Å². The molecule has 1 aromatic heterocycles. The summed E-state index contributed by atoms with van der Waals surface area (Å²) in [5, 5.41) is 5.35. The van der Waals surface area contributed by atoms with Crippen LogP contribution in [0.1, 0.15) is 5.69 Å². The molecule has 4 rings (SSSR count). The molecule has 0 aliphatic carbocycles. The number of hydrogen-bond acceptors (Lipinski definition) is 1. The number of aromatic nitrogens is 1. The Morgan fingerprint density at radius 3 is 1.84 bits per heavy atom. The van der Waals surface area contributed by atoms with Gasteiger partial charge in [0.1, 0.15) is 0 Å². The van der Waals surface area contributed by atoms with Crippen molar-refractivity contribution in [2.24, 2.45) is 0 Å². The van der Waals surface area contributed by atoms with Gasteiger partial charge in [0, 0.05) is 17.3 Å². The number of aryl methyl sites for hydroxylation is 1. The number of fused-ring (bicyclic) bond motifs is 1. The van der Waals surface area contributed by atoms with E-state index in [0.29, 0.717) is 0 Å². The first-order valence-electron chi connectivity index (χ1n) is 8.61. The molecule has 1 heterocycles. The van der Waals surface area contributed by atoms with Crippen molar-refractivity contribution in [3.63, 3.8) is 0 Å². The van der Waals surface area contributed by atoms with E-state index in [-0.39, 0.29) is 7.92 Å². The summed E-state index contributed by atoms with van der Waals surface area (Å²) in [4.78, 5) is 4.68. The molecule has 0 unspecified atom stereocenters. The fourth-order valence-corrected chi connectivity index (χ4v) is 5.45. The van der Waals surface area contributed by atoms with E-state index in [1.807, 2.05) is 6.20 Å². The summed E-state index contributed by atoms with van der Waals surface area (Å²) >= 11 is 0. The maximum atomic E-state index is 4.68. The number of hydrogen-bond donors (Lipinski definition) is 0. The molecule has 0 radical (unpaired) electrons. The van der Waals surface area contributed by atoms with Gasteiger partial charge in [0.05, 0.1) is 0 Å². The lowest BCUT2D eigenvalue weighted by atomic mass is 10.1. The second-order valence-electron chi connectivity index (χ2n) is 6.10. The summed E-state index contributed by atoms with van der Waals surface area (Å²) < 4.78 is 0. The molecule has 1 nitrogen and oxygen atoms in total. The Bertz CT molecular complexity index is 912. The molecule has 3 aromatic carbocycles. The highest BCUT2D eigenvalue weighted by atomic mass is 31.1. The van der Waals surface area contributed by atoms with Crippen LogP contribution < -0.4 is 10.6 Å². The molecule has 0 spiro atoms. The predicted octanol–water partition coefficient (Wildman–Crippen LogP) is 4.91. The molecule has 0 saturated heterocycles. The molecule has 0 aliphatic heterocycles. The van der Waals surface area contributed by atoms with E-state index >= 15 is 0 Å². The van der Waals surface area contributed by atoms with E-state index in [1.165, 1.54) is 27.1 Å². The monoisotopic (exact) mass is 341 g/mol. The first-order chi connectivity index (χ1) is 12.4. The van der Waals surface area contributed by atoms with Crippen LogP contribution in [0.5, 0.6) is 0 Å². The first-order valence-corrected chi connectivity index (χ1v) is 10.1. The van der Waals surface area contributed by atoms with Gasteiger partial charge < -0.3 is 0 Å². The molecule has 0 fully saturated rings. The standard InChI is InChI=1S/C23H20NP/c1-3-11-22(12-4-1)25(23-13-5-2-6-14-23)16-15-21-17-19-9-7-8-10-20(19)18-24-21/h1-14,17-18H,15-16H2. The molecule has 122 valence electrons. The zero-order valence-corrected chi connectivity index (χ0v) is 14.9. The molecule has 0 amide bonds. The van der Waals surface area contributed by atoms with Gasteiger partial charge in [-0.05, 0) is 42.6 Å². The smallest absolute Gasteiger partial charge is 0.0413 e. The minimum Gasteiger partial charge on any atom is -0.261 e. The summed E-state index contributed by atoms with van der Waals surface area (Å²) in [6.07, 6.45) is 4.12. The van der Waals surface area contributed by atoms with Crippen LogP contribution in [0.2, 0.25) is 0 Å². The topological polar surface area (TPSA) is 12.9 Å². The van der Waals surface area contributed by atoms with Crippen LogP contribution >= 0.6 is 7.92 Å². The molecular formula is C23H20NP. The summed E-state index contributed by atoms with van der Waals surface area (Å²) in [6.45, 7) is 0. The van der Waals surface area contributed by atoms with Crippen molar-refractivity contribution in [1.29, 1.82) is 0 Å². The van der Waals surface area contributed by atoms with E-state index in [1.54, 1.807) is 0 Å². The molecule has 0 saturated carbocycles. The van der Waals surface area contributed by atoms with Gasteiger partial charge in [0.15, 0.2) is 0 Å². The van der Waals surface area contributed by atoms with Crippen LogP contribution in [0, 0.1) is 0 Å². The highest BCUT2D eigenvalue weighted by Crippen LogP contribution is 2.34. The van der Waals surface area contributed by atoms with Crippen LogP contribution in [0.15, 0.2) is 97.2 Å². The largest absolute Gasteiger partial charge is 0.261 e. The van der Waals surface area contributed by atoms with E-state index in [4.69, 9.17) is 0 Å². The third-order valence-electron chi connectivity index (χ3n) is 4.41. The molecule has 2 heteroatoms. The van der Waals surface area contributed by atoms with E-state index in [2.05, 4.69) is 96.0 Å². The second kappa shape index (κ2) is 7.59. The highest BCUT2D eigenvalue weighted by molar-refractivity contribution is 7.73. The minimum absolute atomic E-state index is 0.358. The van der Waals surface area contributed by atoms with Gasteiger partial charge >= 0.3 is 0 Å². The molecule has 25 heavy (non-hydrogen) atoms. The first kappa shape index (κ1) is 16.0. The molecule has 4 aromatic rings. The van der Waals surface area contributed by atoms with Crippen LogP contribution in [0.3, 0.4) is 0 Å². The summed E-state index contributed by atoms with van der Waals surface area (Å²) in [5.74, 6) is 0. The third kappa shape index (κ3) is 3.78. The molecular weight excluding hydrogens is 321 g/mol. The van der Waals surface area contributed by atoms with Gasteiger partial charge in [-0.1, -0.05) is 84.9 Å². The summed E-state index contributed by atoms with van der Waals surface area (Å²) in [6, 6.07) is 32.4. The maximum Gasteiger partial charge on any atom is 0.0413 e.